The van der Waals surface area contributed by atoms with Crippen molar-refractivity contribution in [1.29, 1.82) is 0 Å². The van der Waals surface area contributed by atoms with Gasteiger partial charge in [0.2, 0.25) is 15.9 Å². The fourth-order valence-electron chi connectivity index (χ4n) is 3.05. The largest absolute Gasteiger partial charge is 0.330 e. The second-order valence-corrected chi connectivity index (χ2v) is 8.72. The maximum atomic E-state index is 12.5. The normalized spacial score (nSPS) is 17.8. The summed E-state index contributed by atoms with van der Waals surface area (Å²) < 4.78 is 27.0. The Kier molecular flexibility index (Phi) is 5.87. The van der Waals surface area contributed by atoms with Gasteiger partial charge in [0.15, 0.2) is 0 Å². The highest BCUT2D eigenvalue weighted by Crippen LogP contribution is 2.21. The zero-order valence-electron chi connectivity index (χ0n) is 15.2. The van der Waals surface area contributed by atoms with Crippen molar-refractivity contribution in [3.05, 3.63) is 34.9 Å². The molecule has 0 spiro atoms. The van der Waals surface area contributed by atoms with Crippen LogP contribution in [0, 0.1) is 19.8 Å². The van der Waals surface area contributed by atoms with Crippen molar-refractivity contribution in [3.8, 4) is 0 Å². The molecule has 25 heavy (non-hydrogen) atoms. The van der Waals surface area contributed by atoms with Crippen LogP contribution in [-0.4, -0.2) is 37.7 Å². The minimum absolute atomic E-state index is 0.121. The zero-order valence-corrected chi connectivity index (χ0v) is 16.0. The van der Waals surface area contributed by atoms with Crippen molar-refractivity contribution in [1.82, 2.24) is 9.62 Å². The summed E-state index contributed by atoms with van der Waals surface area (Å²) in [5.41, 5.74) is 2.49. The van der Waals surface area contributed by atoms with Crippen LogP contribution < -0.4 is 4.72 Å². The van der Waals surface area contributed by atoms with Crippen LogP contribution in [0.2, 0.25) is 0 Å². The minimum Gasteiger partial charge on any atom is -0.330 e. The molecule has 1 aliphatic heterocycles. The first-order valence-corrected chi connectivity index (χ1v) is 10.2. The monoisotopic (exact) mass is 366 g/mol. The van der Waals surface area contributed by atoms with E-state index in [2.05, 4.69) is 4.72 Å². The molecule has 1 N–H and O–H groups in total. The molecular formula is C18H26N2O4S. The van der Waals surface area contributed by atoms with Crippen LogP contribution in [0.5, 0.6) is 0 Å². The Bertz CT molecular complexity index is 771. The van der Waals surface area contributed by atoms with E-state index in [1.54, 1.807) is 13.8 Å². The summed E-state index contributed by atoms with van der Waals surface area (Å²) in [5.74, 6) is -1.21. The van der Waals surface area contributed by atoms with Crippen molar-refractivity contribution < 1.29 is 18.0 Å². The van der Waals surface area contributed by atoms with Gasteiger partial charge in [0.05, 0.1) is 5.75 Å². The number of aryl methyl sites for hydroxylation is 2. The Morgan fingerprint density at radius 2 is 1.96 bits per heavy atom. The lowest BCUT2D eigenvalue weighted by Crippen LogP contribution is -2.48. The Balaban J connectivity index is 2.10. The Hall–Kier alpha value is -1.89. The van der Waals surface area contributed by atoms with E-state index in [0.29, 0.717) is 24.9 Å². The van der Waals surface area contributed by atoms with Gasteiger partial charge in [-0.15, -0.1) is 0 Å². The molecule has 138 valence electrons. The number of amides is 2. The summed E-state index contributed by atoms with van der Waals surface area (Å²) in [6.07, 6.45) is 1.19. The molecule has 1 saturated heterocycles. The molecule has 7 heteroatoms. The SMILES string of the molecule is Cc1ccc(C)c(CS(=O)(=O)NC(=O)C2CCCN2C(=O)C(C)C)c1. The quantitative estimate of drug-likeness (QED) is 0.863. The van der Waals surface area contributed by atoms with E-state index in [1.807, 2.05) is 32.0 Å². The van der Waals surface area contributed by atoms with Crippen LogP contribution in [0.3, 0.4) is 0 Å². The summed E-state index contributed by atoms with van der Waals surface area (Å²) in [7, 11) is -3.82. The first-order valence-electron chi connectivity index (χ1n) is 8.51. The molecule has 1 heterocycles. The topological polar surface area (TPSA) is 83.6 Å². The lowest BCUT2D eigenvalue weighted by atomic mass is 10.1. The number of carbonyl (C=O) groups excluding carboxylic acids is 2. The average Bonchev–Trinajstić information content (AvgIpc) is 2.98. The lowest BCUT2D eigenvalue weighted by Gasteiger charge is -2.25. The first-order chi connectivity index (χ1) is 11.6. The number of nitrogens with one attached hydrogen (secondary N) is 1. The van der Waals surface area contributed by atoms with E-state index in [4.69, 9.17) is 0 Å². The van der Waals surface area contributed by atoms with Gasteiger partial charge in [-0.2, -0.15) is 0 Å². The number of likely N-dealkylation sites (tertiary alicyclic amines) is 1. The van der Waals surface area contributed by atoms with Gasteiger partial charge in [-0.05, 0) is 37.8 Å². The van der Waals surface area contributed by atoms with Gasteiger partial charge in [-0.3, -0.25) is 14.3 Å². The third-order valence-corrected chi connectivity index (χ3v) is 5.64. The molecule has 0 aromatic heterocycles. The fourth-order valence-corrected chi connectivity index (χ4v) is 4.29. The van der Waals surface area contributed by atoms with Gasteiger partial charge < -0.3 is 4.90 Å². The predicted molar refractivity (Wildman–Crippen MR) is 96.3 cm³/mol. The Morgan fingerprint density at radius 1 is 1.28 bits per heavy atom. The van der Waals surface area contributed by atoms with Gasteiger partial charge in [0.25, 0.3) is 5.91 Å². The van der Waals surface area contributed by atoms with Crippen LogP contribution in [0.4, 0.5) is 0 Å². The van der Waals surface area contributed by atoms with Gasteiger partial charge in [0, 0.05) is 12.5 Å². The van der Waals surface area contributed by atoms with E-state index in [1.165, 1.54) is 4.90 Å². The van der Waals surface area contributed by atoms with Gasteiger partial charge >= 0.3 is 0 Å². The van der Waals surface area contributed by atoms with Gasteiger partial charge in [0.1, 0.15) is 6.04 Å². The number of hydrogen-bond acceptors (Lipinski definition) is 4. The molecule has 2 amide bonds. The lowest BCUT2D eigenvalue weighted by molar-refractivity contribution is -0.140. The van der Waals surface area contributed by atoms with Crippen LogP contribution >= 0.6 is 0 Å². The standard InChI is InChI=1S/C18H26N2O4S/c1-12(2)18(22)20-9-5-6-16(20)17(21)19-25(23,24)11-15-10-13(3)7-8-14(15)4/h7-8,10,12,16H,5-6,9,11H2,1-4H3,(H,19,21). The van der Waals surface area contributed by atoms with Gasteiger partial charge in [-0.1, -0.05) is 37.6 Å². The Labute approximate surface area is 149 Å². The van der Waals surface area contributed by atoms with E-state index in [9.17, 15) is 18.0 Å². The summed E-state index contributed by atoms with van der Waals surface area (Å²) in [5, 5.41) is 0. The number of rotatable bonds is 5. The molecule has 1 atom stereocenters. The van der Waals surface area contributed by atoms with Crippen LogP contribution in [-0.2, 0) is 25.4 Å². The van der Waals surface area contributed by atoms with Crippen LogP contribution in [0.1, 0.15) is 43.4 Å². The third kappa shape index (κ3) is 4.81. The molecule has 1 fully saturated rings. The predicted octanol–water partition coefficient (Wildman–Crippen LogP) is 1.90. The van der Waals surface area contributed by atoms with Crippen LogP contribution in [0.25, 0.3) is 0 Å². The average molecular weight is 366 g/mol. The Morgan fingerprint density at radius 3 is 2.60 bits per heavy atom. The fraction of sp³-hybridized carbons (Fsp3) is 0.556. The first kappa shape index (κ1) is 19.4. The highest BCUT2D eigenvalue weighted by Gasteiger charge is 2.36. The van der Waals surface area contributed by atoms with Crippen molar-refractivity contribution in [2.45, 2.75) is 52.3 Å². The van der Waals surface area contributed by atoms with Gasteiger partial charge in [-0.25, -0.2) is 8.42 Å². The number of nitrogens with zero attached hydrogens (tertiary/aromatic N) is 1. The third-order valence-electron chi connectivity index (χ3n) is 4.44. The molecule has 0 radical (unpaired) electrons. The van der Waals surface area contributed by atoms with E-state index in [0.717, 1.165) is 11.1 Å². The summed E-state index contributed by atoms with van der Waals surface area (Å²) in [6.45, 7) is 7.76. The van der Waals surface area contributed by atoms with Crippen molar-refractivity contribution in [2.24, 2.45) is 5.92 Å². The molecule has 0 saturated carbocycles. The molecular weight excluding hydrogens is 340 g/mol. The molecule has 1 aromatic rings. The number of benzene rings is 1. The second kappa shape index (κ2) is 7.56. The number of sulfonamides is 1. The van der Waals surface area contributed by atoms with E-state index >= 15 is 0 Å². The van der Waals surface area contributed by atoms with Crippen LogP contribution in [0.15, 0.2) is 18.2 Å². The van der Waals surface area contributed by atoms with E-state index < -0.39 is 22.0 Å². The molecule has 6 nitrogen and oxygen atoms in total. The molecule has 1 aliphatic rings. The smallest absolute Gasteiger partial charge is 0.256 e. The molecule has 0 bridgehead atoms. The molecule has 1 aromatic carbocycles. The number of carbonyl (C=O) groups is 2. The minimum atomic E-state index is -3.82. The highest BCUT2D eigenvalue weighted by molar-refractivity contribution is 7.89. The maximum Gasteiger partial charge on any atom is 0.256 e. The highest BCUT2D eigenvalue weighted by atomic mass is 32.2. The van der Waals surface area contributed by atoms with Crippen molar-refractivity contribution >= 4 is 21.8 Å². The zero-order chi connectivity index (χ0) is 18.8. The second-order valence-electron chi connectivity index (χ2n) is 7.00. The van der Waals surface area contributed by atoms with E-state index in [-0.39, 0.29) is 17.6 Å². The summed E-state index contributed by atoms with van der Waals surface area (Å²) in [4.78, 5) is 26.1. The summed E-state index contributed by atoms with van der Waals surface area (Å²) in [6, 6.07) is 4.88. The van der Waals surface area contributed by atoms with Crippen molar-refractivity contribution in [2.75, 3.05) is 6.54 Å². The number of hydrogen-bond donors (Lipinski definition) is 1. The molecule has 1 unspecified atom stereocenters. The maximum absolute atomic E-state index is 12.5. The van der Waals surface area contributed by atoms with Crippen molar-refractivity contribution in [3.63, 3.8) is 0 Å². The molecule has 0 aliphatic carbocycles. The summed E-state index contributed by atoms with van der Waals surface area (Å²) >= 11 is 0. The molecule has 2 rings (SSSR count).